The summed E-state index contributed by atoms with van der Waals surface area (Å²) in [5.41, 5.74) is 2.39. The molecule has 2 N–H and O–H groups in total. The van der Waals surface area contributed by atoms with Gasteiger partial charge in [-0.2, -0.15) is 0 Å². The number of aryl methyl sites for hydroxylation is 2. The van der Waals surface area contributed by atoms with Gasteiger partial charge in [-0.25, -0.2) is 13.1 Å². The number of benzene rings is 1. The minimum atomic E-state index is -3.58. The summed E-state index contributed by atoms with van der Waals surface area (Å²) in [5.74, 6) is 0. The van der Waals surface area contributed by atoms with E-state index in [0.29, 0.717) is 11.3 Å². The molecule has 1 heterocycles. The molecule has 6 heteroatoms. The van der Waals surface area contributed by atoms with Gasteiger partial charge in [-0.3, -0.25) is 0 Å². The maximum atomic E-state index is 12.6. The van der Waals surface area contributed by atoms with Crippen molar-refractivity contribution in [1.82, 2.24) is 4.72 Å². The Kier molecular flexibility index (Phi) is 4.63. The van der Waals surface area contributed by atoms with Crippen molar-refractivity contribution in [1.29, 1.82) is 0 Å². The number of fused-ring (bicyclic) bond motifs is 1. The van der Waals surface area contributed by atoms with Gasteiger partial charge in [-0.05, 0) is 60.4 Å². The Hall–Kier alpha value is -1.21. The van der Waals surface area contributed by atoms with Crippen molar-refractivity contribution in [3.63, 3.8) is 0 Å². The minimum absolute atomic E-state index is 0.0602. The zero-order chi connectivity index (χ0) is 15.6. The van der Waals surface area contributed by atoms with Crippen molar-refractivity contribution >= 4 is 21.4 Å². The Bertz CT molecular complexity index is 739. The molecule has 4 nitrogen and oxygen atoms in total. The Morgan fingerprint density at radius 3 is 2.77 bits per heavy atom. The molecule has 3 rings (SSSR count). The molecule has 1 aromatic heterocycles. The van der Waals surface area contributed by atoms with Crippen LogP contribution in [0.25, 0.3) is 0 Å². The van der Waals surface area contributed by atoms with E-state index in [1.165, 1.54) is 16.9 Å². The fourth-order valence-corrected chi connectivity index (χ4v) is 5.04. The van der Waals surface area contributed by atoms with E-state index in [1.54, 1.807) is 12.1 Å². The summed E-state index contributed by atoms with van der Waals surface area (Å²) >= 11 is 1.49. The third kappa shape index (κ3) is 3.25. The largest absolute Gasteiger partial charge is 0.396 e. The van der Waals surface area contributed by atoms with Gasteiger partial charge >= 0.3 is 0 Å². The summed E-state index contributed by atoms with van der Waals surface area (Å²) in [6.07, 6.45) is 3.44. The molecular formula is C16H19NO3S2. The van der Waals surface area contributed by atoms with Crippen LogP contribution >= 0.6 is 11.3 Å². The molecule has 0 fully saturated rings. The molecular weight excluding hydrogens is 318 g/mol. The zero-order valence-electron chi connectivity index (χ0n) is 12.2. The summed E-state index contributed by atoms with van der Waals surface area (Å²) in [7, 11) is -3.58. The van der Waals surface area contributed by atoms with Crippen LogP contribution in [0.1, 0.15) is 34.9 Å². The Morgan fingerprint density at radius 2 is 2.05 bits per heavy atom. The Balaban J connectivity index is 1.85. The molecule has 1 aliphatic carbocycles. The number of hydrogen-bond donors (Lipinski definition) is 2. The smallest absolute Gasteiger partial charge is 0.241 e. The van der Waals surface area contributed by atoms with E-state index >= 15 is 0 Å². The quantitative estimate of drug-likeness (QED) is 0.851. The van der Waals surface area contributed by atoms with Gasteiger partial charge in [0.15, 0.2) is 0 Å². The lowest BCUT2D eigenvalue weighted by atomic mass is 10.1. The third-order valence-corrected chi connectivity index (χ3v) is 6.44. The molecule has 0 saturated carbocycles. The fourth-order valence-electron chi connectivity index (χ4n) is 2.85. The van der Waals surface area contributed by atoms with Crippen LogP contribution in [0, 0.1) is 0 Å². The first-order chi connectivity index (χ1) is 10.6. The average Bonchev–Trinajstić information content (AvgIpc) is 3.17. The van der Waals surface area contributed by atoms with Crippen molar-refractivity contribution in [2.24, 2.45) is 0 Å². The molecule has 1 atom stereocenters. The number of hydrogen-bond acceptors (Lipinski definition) is 4. The molecule has 2 aromatic rings. The molecule has 1 unspecified atom stereocenters. The SMILES string of the molecule is O=S(=O)(NC(CCO)c1cccs1)c1ccc2c(c1)CCC2. The summed E-state index contributed by atoms with van der Waals surface area (Å²) in [5, 5.41) is 11.1. The van der Waals surface area contributed by atoms with Gasteiger partial charge in [0.2, 0.25) is 10.0 Å². The first-order valence-electron chi connectivity index (χ1n) is 7.38. The second-order valence-electron chi connectivity index (χ2n) is 5.49. The molecule has 0 bridgehead atoms. The van der Waals surface area contributed by atoms with Crippen LogP contribution in [-0.4, -0.2) is 20.1 Å². The van der Waals surface area contributed by atoms with Crippen molar-refractivity contribution in [2.75, 3.05) is 6.61 Å². The maximum absolute atomic E-state index is 12.6. The second kappa shape index (κ2) is 6.50. The van der Waals surface area contributed by atoms with Crippen molar-refractivity contribution < 1.29 is 13.5 Å². The van der Waals surface area contributed by atoms with Crippen LogP contribution in [0.15, 0.2) is 40.6 Å². The lowest BCUT2D eigenvalue weighted by Gasteiger charge is -2.17. The predicted octanol–water partition coefficient (Wildman–Crippen LogP) is 2.64. The van der Waals surface area contributed by atoms with Gasteiger partial charge in [0.05, 0.1) is 10.9 Å². The first-order valence-corrected chi connectivity index (χ1v) is 9.75. The highest BCUT2D eigenvalue weighted by Gasteiger charge is 2.23. The Morgan fingerprint density at radius 1 is 1.23 bits per heavy atom. The van der Waals surface area contributed by atoms with Gasteiger partial charge in [-0.15, -0.1) is 11.3 Å². The van der Waals surface area contributed by atoms with Gasteiger partial charge < -0.3 is 5.11 Å². The molecule has 0 aliphatic heterocycles. The second-order valence-corrected chi connectivity index (χ2v) is 8.18. The molecule has 118 valence electrons. The fraction of sp³-hybridized carbons (Fsp3) is 0.375. The highest BCUT2D eigenvalue weighted by atomic mass is 32.2. The zero-order valence-corrected chi connectivity index (χ0v) is 13.8. The first kappa shape index (κ1) is 15.7. The van der Waals surface area contributed by atoms with E-state index in [9.17, 15) is 13.5 Å². The van der Waals surface area contributed by atoms with Gasteiger partial charge in [0, 0.05) is 11.5 Å². The lowest BCUT2D eigenvalue weighted by Crippen LogP contribution is -2.29. The van der Waals surface area contributed by atoms with Crippen molar-refractivity contribution in [3.8, 4) is 0 Å². The van der Waals surface area contributed by atoms with Crippen LogP contribution in [0.5, 0.6) is 0 Å². The predicted molar refractivity (Wildman–Crippen MR) is 87.6 cm³/mol. The van der Waals surface area contributed by atoms with Crippen LogP contribution in [0.3, 0.4) is 0 Å². The molecule has 0 amide bonds. The molecule has 0 spiro atoms. The number of thiophene rings is 1. The highest BCUT2D eigenvalue weighted by molar-refractivity contribution is 7.89. The van der Waals surface area contributed by atoms with Crippen molar-refractivity contribution in [2.45, 2.75) is 36.6 Å². The van der Waals surface area contributed by atoms with Gasteiger partial charge in [0.1, 0.15) is 0 Å². The van der Waals surface area contributed by atoms with Crippen LogP contribution in [0.2, 0.25) is 0 Å². The summed E-state index contributed by atoms with van der Waals surface area (Å²) in [4.78, 5) is 1.23. The molecule has 1 aliphatic rings. The Labute approximate surface area is 134 Å². The van der Waals surface area contributed by atoms with E-state index in [2.05, 4.69) is 4.72 Å². The normalized spacial score (nSPS) is 15.7. The topological polar surface area (TPSA) is 66.4 Å². The standard InChI is InChI=1S/C16H19NO3S2/c18-9-8-15(16-5-2-10-21-16)17-22(19,20)14-7-6-12-3-1-4-13(12)11-14/h2,5-7,10-11,15,17-18H,1,3-4,8-9H2. The van der Waals surface area contributed by atoms with Crippen molar-refractivity contribution in [3.05, 3.63) is 51.7 Å². The molecule has 1 aromatic carbocycles. The van der Waals surface area contributed by atoms with E-state index in [4.69, 9.17) is 0 Å². The van der Waals surface area contributed by atoms with E-state index in [1.807, 2.05) is 23.6 Å². The molecule has 0 saturated heterocycles. The monoisotopic (exact) mass is 337 g/mol. The minimum Gasteiger partial charge on any atom is -0.396 e. The number of sulfonamides is 1. The van der Waals surface area contributed by atoms with E-state index < -0.39 is 10.0 Å². The van der Waals surface area contributed by atoms with Crippen LogP contribution < -0.4 is 4.72 Å². The summed E-state index contributed by atoms with van der Waals surface area (Å²) in [6, 6.07) is 8.77. The number of rotatable bonds is 6. The van der Waals surface area contributed by atoms with Crippen LogP contribution in [0.4, 0.5) is 0 Å². The summed E-state index contributed by atoms with van der Waals surface area (Å²) < 4.78 is 28.0. The number of aliphatic hydroxyl groups is 1. The van der Waals surface area contributed by atoms with Gasteiger partial charge in [-0.1, -0.05) is 12.1 Å². The number of aliphatic hydroxyl groups excluding tert-OH is 1. The van der Waals surface area contributed by atoms with E-state index in [0.717, 1.165) is 29.7 Å². The summed E-state index contributed by atoms with van der Waals surface area (Å²) in [6.45, 7) is -0.0602. The molecule has 22 heavy (non-hydrogen) atoms. The lowest BCUT2D eigenvalue weighted by molar-refractivity contribution is 0.273. The average molecular weight is 337 g/mol. The molecule has 0 radical (unpaired) electrons. The number of nitrogens with one attached hydrogen (secondary N) is 1. The highest BCUT2D eigenvalue weighted by Crippen LogP contribution is 2.27. The van der Waals surface area contributed by atoms with Crippen LogP contribution in [-0.2, 0) is 22.9 Å². The van der Waals surface area contributed by atoms with E-state index in [-0.39, 0.29) is 12.6 Å². The maximum Gasteiger partial charge on any atom is 0.241 e. The third-order valence-electron chi connectivity index (χ3n) is 3.98. The van der Waals surface area contributed by atoms with Gasteiger partial charge in [0.25, 0.3) is 0 Å².